The minimum atomic E-state index is -4.45. The van der Waals surface area contributed by atoms with Crippen LogP contribution in [0.1, 0.15) is 26.3 Å². The Labute approximate surface area is 154 Å². The van der Waals surface area contributed by atoms with Crippen molar-refractivity contribution in [3.05, 3.63) is 77.4 Å². The van der Waals surface area contributed by atoms with Gasteiger partial charge in [0.25, 0.3) is 11.8 Å². The van der Waals surface area contributed by atoms with E-state index in [1.807, 2.05) is 6.07 Å². The molecule has 1 aliphatic heterocycles. The topological polar surface area (TPSA) is 105 Å². The monoisotopic (exact) mass is 378 g/mol. The van der Waals surface area contributed by atoms with E-state index >= 15 is 0 Å². The number of amides is 2. The first kappa shape index (κ1) is 16.9. The van der Waals surface area contributed by atoms with Gasteiger partial charge in [-0.05, 0) is 41.8 Å². The third kappa shape index (κ3) is 2.66. The third-order valence-corrected chi connectivity index (χ3v) is 5.37. The molecule has 0 unspecified atom stereocenters. The van der Waals surface area contributed by atoms with E-state index in [4.69, 9.17) is 9.55 Å². The zero-order chi connectivity index (χ0) is 19.2. The van der Waals surface area contributed by atoms with Crippen LogP contribution < -0.4 is 0 Å². The van der Waals surface area contributed by atoms with E-state index in [1.54, 1.807) is 24.3 Å². The van der Waals surface area contributed by atoms with E-state index in [2.05, 4.69) is 0 Å². The van der Waals surface area contributed by atoms with E-state index < -0.39 is 21.9 Å². The molecule has 1 aliphatic rings. The Hall–Kier alpha value is -3.54. The molecule has 0 radical (unpaired) electrons. The SMILES string of the molecule is N#Cc1ccc(S(=O)(=O)ON2C(=O)c3cccc4cccc(c34)C2=O)cc1. The molecule has 7 nitrogen and oxygen atoms in total. The fourth-order valence-electron chi connectivity index (χ4n) is 2.91. The second-order valence-corrected chi connectivity index (χ2v) is 7.31. The van der Waals surface area contributed by atoms with Crippen molar-refractivity contribution in [1.29, 1.82) is 5.26 Å². The lowest BCUT2D eigenvalue weighted by molar-refractivity contribution is -0.0155. The molecule has 1 heterocycles. The van der Waals surface area contributed by atoms with Gasteiger partial charge in [-0.25, -0.2) is 0 Å². The molecule has 0 N–H and O–H groups in total. The Bertz CT molecular complexity index is 1210. The van der Waals surface area contributed by atoms with Crippen LogP contribution in [0.15, 0.2) is 65.6 Å². The predicted octanol–water partition coefficient (Wildman–Crippen LogP) is 2.63. The molecule has 0 saturated heterocycles. The summed E-state index contributed by atoms with van der Waals surface area (Å²) in [6.45, 7) is 0. The normalized spacial score (nSPS) is 13.7. The molecule has 0 saturated carbocycles. The number of hydrogen-bond acceptors (Lipinski definition) is 6. The minimum absolute atomic E-state index is 0.178. The second kappa shape index (κ2) is 6.02. The quantitative estimate of drug-likeness (QED) is 0.649. The molecule has 2 amide bonds. The Morgan fingerprint density at radius 3 is 1.93 bits per heavy atom. The van der Waals surface area contributed by atoms with Crippen LogP contribution in [-0.2, 0) is 14.4 Å². The highest BCUT2D eigenvalue weighted by molar-refractivity contribution is 7.86. The third-order valence-electron chi connectivity index (χ3n) is 4.18. The van der Waals surface area contributed by atoms with Crippen molar-refractivity contribution in [1.82, 2.24) is 5.06 Å². The van der Waals surface area contributed by atoms with Crippen LogP contribution in [-0.4, -0.2) is 25.3 Å². The molecular formula is C19H10N2O5S. The van der Waals surface area contributed by atoms with E-state index in [0.717, 1.165) is 0 Å². The largest absolute Gasteiger partial charge is 0.318 e. The smallest absolute Gasteiger partial charge is 0.266 e. The van der Waals surface area contributed by atoms with Gasteiger partial charge in [0, 0.05) is 5.39 Å². The first-order chi connectivity index (χ1) is 12.9. The number of carbonyl (C=O) groups excluding carboxylic acids is 2. The Kier molecular flexibility index (Phi) is 3.77. The molecular weight excluding hydrogens is 368 g/mol. The zero-order valence-corrected chi connectivity index (χ0v) is 14.4. The lowest BCUT2D eigenvalue weighted by Crippen LogP contribution is -2.41. The number of benzene rings is 3. The molecule has 0 fully saturated rings. The van der Waals surface area contributed by atoms with Gasteiger partial charge in [0.05, 0.1) is 27.7 Å². The van der Waals surface area contributed by atoms with E-state index in [0.29, 0.717) is 10.8 Å². The van der Waals surface area contributed by atoms with Crippen molar-refractivity contribution in [3.63, 3.8) is 0 Å². The maximum atomic E-state index is 12.7. The van der Waals surface area contributed by atoms with Crippen molar-refractivity contribution in [2.24, 2.45) is 0 Å². The van der Waals surface area contributed by atoms with Gasteiger partial charge in [0.15, 0.2) is 0 Å². The van der Waals surface area contributed by atoms with E-state index in [-0.39, 0.29) is 26.6 Å². The molecule has 0 bridgehead atoms. The summed E-state index contributed by atoms with van der Waals surface area (Å²) in [6, 6.07) is 16.6. The highest BCUT2D eigenvalue weighted by Gasteiger charge is 2.37. The fourth-order valence-corrected chi connectivity index (χ4v) is 3.80. The molecule has 8 heteroatoms. The molecule has 0 atom stereocenters. The molecule has 0 aliphatic carbocycles. The molecule has 27 heavy (non-hydrogen) atoms. The van der Waals surface area contributed by atoms with Gasteiger partial charge in [0.1, 0.15) is 0 Å². The van der Waals surface area contributed by atoms with Crippen LogP contribution in [0, 0.1) is 11.3 Å². The lowest BCUT2D eigenvalue weighted by Gasteiger charge is -2.25. The first-order valence-electron chi connectivity index (χ1n) is 7.78. The summed E-state index contributed by atoms with van der Waals surface area (Å²) >= 11 is 0. The summed E-state index contributed by atoms with van der Waals surface area (Å²) in [5.74, 6) is -1.72. The molecule has 0 spiro atoms. The zero-order valence-electron chi connectivity index (χ0n) is 13.6. The second-order valence-electron chi connectivity index (χ2n) is 5.78. The molecule has 0 aromatic heterocycles. The lowest BCUT2D eigenvalue weighted by atomic mass is 9.95. The minimum Gasteiger partial charge on any atom is -0.266 e. The van der Waals surface area contributed by atoms with Gasteiger partial charge in [-0.2, -0.15) is 13.7 Å². The van der Waals surface area contributed by atoms with Crippen molar-refractivity contribution in [3.8, 4) is 6.07 Å². The first-order valence-corrected chi connectivity index (χ1v) is 9.18. The summed E-state index contributed by atoms with van der Waals surface area (Å²) in [5.41, 5.74) is 0.620. The average molecular weight is 378 g/mol. The number of carbonyl (C=O) groups is 2. The predicted molar refractivity (Wildman–Crippen MR) is 93.9 cm³/mol. The van der Waals surface area contributed by atoms with Gasteiger partial charge in [0.2, 0.25) is 0 Å². The van der Waals surface area contributed by atoms with Crippen molar-refractivity contribution in [2.75, 3.05) is 0 Å². The summed E-state index contributed by atoms with van der Waals surface area (Å²) < 4.78 is 29.9. The van der Waals surface area contributed by atoms with Gasteiger partial charge >= 0.3 is 10.1 Å². The maximum Gasteiger partial charge on any atom is 0.318 e. The number of hydrogen-bond donors (Lipinski definition) is 0. The summed E-state index contributed by atoms with van der Waals surface area (Å²) in [4.78, 5) is 25.1. The molecule has 3 aromatic carbocycles. The van der Waals surface area contributed by atoms with Crippen LogP contribution in [0.3, 0.4) is 0 Å². The van der Waals surface area contributed by atoms with Crippen LogP contribution in [0.25, 0.3) is 10.8 Å². The number of nitriles is 1. The summed E-state index contributed by atoms with van der Waals surface area (Å²) in [6.07, 6.45) is 0. The van der Waals surface area contributed by atoms with Gasteiger partial charge in [-0.3, -0.25) is 9.59 Å². The van der Waals surface area contributed by atoms with Crippen LogP contribution in [0.5, 0.6) is 0 Å². The fraction of sp³-hybridized carbons (Fsp3) is 0. The number of hydroxylamine groups is 2. The highest BCUT2D eigenvalue weighted by Crippen LogP contribution is 2.31. The van der Waals surface area contributed by atoms with Gasteiger partial charge < -0.3 is 0 Å². The van der Waals surface area contributed by atoms with Gasteiger partial charge in [-0.15, -0.1) is 9.35 Å². The van der Waals surface area contributed by atoms with Crippen LogP contribution >= 0.6 is 0 Å². The maximum absolute atomic E-state index is 12.7. The van der Waals surface area contributed by atoms with E-state index in [9.17, 15) is 18.0 Å². The highest BCUT2D eigenvalue weighted by atomic mass is 32.2. The molecule has 4 rings (SSSR count). The Morgan fingerprint density at radius 1 is 0.852 bits per heavy atom. The average Bonchev–Trinajstić information content (AvgIpc) is 2.69. The molecule has 132 valence electrons. The Morgan fingerprint density at radius 2 is 1.41 bits per heavy atom. The summed E-state index contributed by atoms with van der Waals surface area (Å²) in [5, 5.41) is 10.2. The van der Waals surface area contributed by atoms with Crippen molar-refractivity contribution >= 4 is 32.7 Å². The van der Waals surface area contributed by atoms with Crippen LogP contribution in [0.2, 0.25) is 0 Å². The standard InChI is InChI=1S/C19H10N2O5S/c20-11-12-7-9-14(10-8-12)27(24,25)26-21-18(22)15-5-1-3-13-4-2-6-16(17(13)15)19(21)23/h1-10H. The van der Waals surface area contributed by atoms with Crippen LogP contribution in [0.4, 0.5) is 0 Å². The molecule has 3 aromatic rings. The number of imide groups is 1. The van der Waals surface area contributed by atoms with Crippen molar-refractivity contribution < 1.29 is 22.3 Å². The summed E-state index contributed by atoms with van der Waals surface area (Å²) in [7, 11) is -4.45. The Balaban J connectivity index is 1.76. The van der Waals surface area contributed by atoms with E-state index in [1.165, 1.54) is 36.4 Å². The number of nitrogens with zero attached hydrogens (tertiary/aromatic N) is 2. The number of rotatable bonds is 3. The van der Waals surface area contributed by atoms with Crippen molar-refractivity contribution in [2.45, 2.75) is 4.90 Å². The van der Waals surface area contributed by atoms with Gasteiger partial charge in [-0.1, -0.05) is 24.3 Å².